The standard InChI is InChI=1S/C12H20N4O/c1-8-10(11(13)15-14-8)12(17)16(2)7-9-5-3-4-6-9/h9H,3-7H2,1-2H3,(H3,13,14,15). The van der Waals surface area contributed by atoms with E-state index >= 15 is 0 Å². The third kappa shape index (κ3) is 2.43. The van der Waals surface area contributed by atoms with Gasteiger partial charge < -0.3 is 10.6 Å². The molecule has 0 aliphatic heterocycles. The van der Waals surface area contributed by atoms with E-state index in [4.69, 9.17) is 5.73 Å². The largest absolute Gasteiger partial charge is 0.382 e. The van der Waals surface area contributed by atoms with Crippen molar-refractivity contribution < 1.29 is 4.79 Å². The Labute approximate surface area is 101 Å². The molecule has 1 amide bonds. The molecule has 0 unspecified atom stereocenters. The normalized spacial score (nSPS) is 16.4. The number of nitrogens with two attached hydrogens (primary N) is 1. The van der Waals surface area contributed by atoms with Crippen molar-refractivity contribution in [1.82, 2.24) is 15.1 Å². The van der Waals surface area contributed by atoms with Crippen LogP contribution in [0.1, 0.15) is 41.7 Å². The van der Waals surface area contributed by atoms with Gasteiger partial charge >= 0.3 is 0 Å². The first-order valence-electron chi connectivity index (χ1n) is 6.15. The van der Waals surface area contributed by atoms with E-state index in [9.17, 15) is 4.79 Å². The molecule has 0 bridgehead atoms. The summed E-state index contributed by atoms with van der Waals surface area (Å²) >= 11 is 0. The molecule has 1 saturated carbocycles. The van der Waals surface area contributed by atoms with Crippen LogP contribution in [0.15, 0.2) is 0 Å². The molecule has 1 aliphatic carbocycles. The summed E-state index contributed by atoms with van der Waals surface area (Å²) < 4.78 is 0. The Hall–Kier alpha value is -1.52. The van der Waals surface area contributed by atoms with Gasteiger partial charge in [0.15, 0.2) is 5.82 Å². The van der Waals surface area contributed by atoms with E-state index in [2.05, 4.69) is 10.2 Å². The van der Waals surface area contributed by atoms with Crippen molar-refractivity contribution in [1.29, 1.82) is 0 Å². The smallest absolute Gasteiger partial charge is 0.259 e. The van der Waals surface area contributed by atoms with Crippen LogP contribution in [0, 0.1) is 12.8 Å². The van der Waals surface area contributed by atoms with E-state index in [0.29, 0.717) is 17.3 Å². The number of hydrogen-bond acceptors (Lipinski definition) is 3. The SMILES string of the molecule is Cc1[nH]nc(N)c1C(=O)N(C)CC1CCCC1. The Morgan fingerprint density at radius 2 is 2.18 bits per heavy atom. The molecule has 1 heterocycles. The number of carbonyl (C=O) groups is 1. The first-order valence-corrected chi connectivity index (χ1v) is 6.15. The number of aromatic amines is 1. The number of amides is 1. The minimum absolute atomic E-state index is 0.0272. The summed E-state index contributed by atoms with van der Waals surface area (Å²) in [7, 11) is 1.84. The summed E-state index contributed by atoms with van der Waals surface area (Å²) in [6.07, 6.45) is 5.05. The Morgan fingerprint density at radius 3 is 2.71 bits per heavy atom. The van der Waals surface area contributed by atoms with Crippen LogP contribution in [0.25, 0.3) is 0 Å². The average molecular weight is 236 g/mol. The van der Waals surface area contributed by atoms with Gasteiger partial charge in [0, 0.05) is 19.3 Å². The topological polar surface area (TPSA) is 75.0 Å². The van der Waals surface area contributed by atoms with Gasteiger partial charge in [-0.05, 0) is 25.7 Å². The number of aromatic nitrogens is 2. The predicted molar refractivity (Wildman–Crippen MR) is 66.7 cm³/mol. The molecule has 1 aromatic rings. The highest BCUT2D eigenvalue weighted by atomic mass is 16.2. The van der Waals surface area contributed by atoms with Crippen molar-refractivity contribution in [3.8, 4) is 0 Å². The molecular weight excluding hydrogens is 216 g/mol. The molecule has 1 aliphatic rings. The molecule has 0 spiro atoms. The summed E-state index contributed by atoms with van der Waals surface area (Å²) in [5, 5.41) is 6.60. The number of rotatable bonds is 3. The summed E-state index contributed by atoms with van der Waals surface area (Å²) in [6, 6.07) is 0. The van der Waals surface area contributed by atoms with Crippen LogP contribution in [0.5, 0.6) is 0 Å². The monoisotopic (exact) mass is 236 g/mol. The van der Waals surface area contributed by atoms with Gasteiger partial charge in [-0.15, -0.1) is 0 Å². The summed E-state index contributed by atoms with van der Waals surface area (Å²) in [5.74, 6) is 0.920. The van der Waals surface area contributed by atoms with Gasteiger partial charge in [-0.1, -0.05) is 12.8 Å². The third-order valence-corrected chi connectivity index (χ3v) is 3.54. The second-order valence-corrected chi connectivity index (χ2v) is 4.95. The fraction of sp³-hybridized carbons (Fsp3) is 0.667. The molecule has 1 fully saturated rings. The molecule has 1 aromatic heterocycles. The number of aryl methyl sites for hydroxylation is 1. The second-order valence-electron chi connectivity index (χ2n) is 4.95. The highest BCUT2D eigenvalue weighted by molar-refractivity contribution is 5.99. The fourth-order valence-electron chi connectivity index (χ4n) is 2.57. The summed E-state index contributed by atoms with van der Waals surface area (Å²) in [4.78, 5) is 14.0. The number of nitrogen functional groups attached to an aromatic ring is 1. The fourth-order valence-corrected chi connectivity index (χ4v) is 2.57. The Balaban J connectivity index is 2.04. The van der Waals surface area contributed by atoms with E-state index in [1.165, 1.54) is 25.7 Å². The lowest BCUT2D eigenvalue weighted by Gasteiger charge is -2.21. The van der Waals surface area contributed by atoms with Gasteiger partial charge in [0.2, 0.25) is 0 Å². The molecule has 3 N–H and O–H groups in total. The van der Waals surface area contributed by atoms with Crippen LogP contribution in [0.4, 0.5) is 5.82 Å². The molecule has 2 rings (SSSR count). The lowest BCUT2D eigenvalue weighted by Crippen LogP contribution is -2.31. The van der Waals surface area contributed by atoms with E-state index in [1.807, 2.05) is 14.0 Å². The zero-order valence-electron chi connectivity index (χ0n) is 10.5. The average Bonchev–Trinajstić information content (AvgIpc) is 2.89. The van der Waals surface area contributed by atoms with Crippen molar-refractivity contribution >= 4 is 11.7 Å². The zero-order valence-corrected chi connectivity index (χ0v) is 10.5. The number of nitrogens with zero attached hydrogens (tertiary/aromatic N) is 2. The minimum atomic E-state index is -0.0272. The van der Waals surface area contributed by atoms with E-state index in [-0.39, 0.29) is 5.91 Å². The van der Waals surface area contributed by atoms with Gasteiger partial charge in [-0.2, -0.15) is 5.10 Å². The van der Waals surface area contributed by atoms with Crippen molar-refractivity contribution in [3.63, 3.8) is 0 Å². The lowest BCUT2D eigenvalue weighted by atomic mass is 10.1. The Morgan fingerprint density at radius 1 is 1.53 bits per heavy atom. The number of carbonyl (C=O) groups excluding carboxylic acids is 1. The highest BCUT2D eigenvalue weighted by Crippen LogP contribution is 2.26. The first-order chi connectivity index (χ1) is 8.09. The summed E-state index contributed by atoms with van der Waals surface area (Å²) in [6.45, 7) is 2.64. The maximum absolute atomic E-state index is 12.2. The van der Waals surface area contributed by atoms with Crippen LogP contribution in [-0.4, -0.2) is 34.6 Å². The molecule has 0 saturated heterocycles. The Kier molecular flexibility index (Phi) is 3.36. The molecule has 0 atom stereocenters. The van der Waals surface area contributed by atoms with E-state index < -0.39 is 0 Å². The maximum atomic E-state index is 12.2. The van der Waals surface area contributed by atoms with Crippen LogP contribution >= 0.6 is 0 Å². The van der Waals surface area contributed by atoms with Crippen LogP contribution in [0.2, 0.25) is 0 Å². The molecule has 5 nitrogen and oxygen atoms in total. The third-order valence-electron chi connectivity index (χ3n) is 3.54. The van der Waals surface area contributed by atoms with Crippen LogP contribution in [0.3, 0.4) is 0 Å². The van der Waals surface area contributed by atoms with Gasteiger partial charge in [0.1, 0.15) is 5.56 Å². The maximum Gasteiger partial charge on any atom is 0.259 e. The number of anilines is 1. The molecule has 17 heavy (non-hydrogen) atoms. The molecule has 0 aromatic carbocycles. The second kappa shape index (κ2) is 4.77. The van der Waals surface area contributed by atoms with E-state index in [0.717, 1.165) is 12.2 Å². The number of nitrogens with one attached hydrogen (secondary N) is 1. The molecule has 94 valence electrons. The minimum Gasteiger partial charge on any atom is -0.382 e. The molecule has 5 heteroatoms. The van der Waals surface area contributed by atoms with Crippen LogP contribution < -0.4 is 5.73 Å². The Bertz CT molecular complexity index is 387. The molecular formula is C12H20N4O. The first kappa shape index (κ1) is 12.0. The van der Waals surface area contributed by atoms with Gasteiger partial charge in [-0.25, -0.2) is 0 Å². The zero-order chi connectivity index (χ0) is 12.4. The van der Waals surface area contributed by atoms with Crippen molar-refractivity contribution in [2.45, 2.75) is 32.6 Å². The van der Waals surface area contributed by atoms with Crippen molar-refractivity contribution in [3.05, 3.63) is 11.3 Å². The summed E-state index contributed by atoms with van der Waals surface area (Å²) in [5.41, 5.74) is 6.96. The van der Waals surface area contributed by atoms with Crippen molar-refractivity contribution in [2.24, 2.45) is 5.92 Å². The highest BCUT2D eigenvalue weighted by Gasteiger charge is 2.23. The van der Waals surface area contributed by atoms with Crippen LogP contribution in [-0.2, 0) is 0 Å². The number of H-pyrrole nitrogens is 1. The van der Waals surface area contributed by atoms with E-state index in [1.54, 1.807) is 4.90 Å². The predicted octanol–water partition coefficient (Wildman–Crippen LogP) is 1.56. The van der Waals surface area contributed by atoms with Gasteiger partial charge in [0.25, 0.3) is 5.91 Å². The van der Waals surface area contributed by atoms with Gasteiger partial charge in [0.05, 0.1) is 0 Å². The van der Waals surface area contributed by atoms with Crippen molar-refractivity contribution in [2.75, 3.05) is 19.3 Å². The quantitative estimate of drug-likeness (QED) is 0.836. The van der Waals surface area contributed by atoms with Gasteiger partial charge in [-0.3, -0.25) is 9.89 Å². The number of hydrogen-bond donors (Lipinski definition) is 2. The molecule has 0 radical (unpaired) electrons. The lowest BCUT2D eigenvalue weighted by molar-refractivity contribution is 0.0773.